The van der Waals surface area contributed by atoms with Crippen LogP contribution in [0.25, 0.3) is 0 Å². The summed E-state index contributed by atoms with van der Waals surface area (Å²) < 4.78 is 15.8. The van der Waals surface area contributed by atoms with Crippen molar-refractivity contribution in [2.75, 3.05) is 27.3 Å². The number of hydrogen-bond acceptors (Lipinski definition) is 6. The molecular formula is C15H20N2O6. The molecule has 126 valence electrons. The monoisotopic (exact) mass is 324 g/mol. The highest BCUT2D eigenvalue weighted by atomic mass is 16.6. The number of nitro benzene ring substituents is 1. The molecule has 0 spiro atoms. The van der Waals surface area contributed by atoms with Crippen molar-refractivity contribution in [2.45, 2.75) is 26.1 Å². The van der Waals surface area contributed by atoms with Crippen LogP contribution in [0.5, 0.6) is 11.5 Å². The number of ether oxygens (including phenoxy) is 3. The van der Waals surface area contributed by atoms with Crippen LogP contribution >= 0.6 is 0 Å². The minimum Gasteiger partial charge on any atom is -0.493 e. The number of hydrogen-bond donors (Lipinski definition) is 0. The molecule has 0 aromatic heterocycles. The maximum Gasteiger partial charge on any atom is 0.286 e. The molecule has 0 unspecified atom stereocenters. The molecule has 0 saturated carbocycles. The third kappa shape index (κ3) is 3.53. The van der Waals surface area contributed by atoms with Gasteiger partial charge in [0, 0.05) is 19.2 Å². The van der Waals surface area contributed by atoms with Crippen molar-refractivity contribution in [3.63, 3.8) is 0 Å². The lowest BCUT2D eigenvalue weighted by Gasteiger charge is -2.35. The van der Waals surface area contributed by atoms with Crippen LogP contribution in [0, 0.1) is 10.1 Å². The van der Waals surface area contributed by atoms with Crippen molar-refractivity contribution in [1.82, 2.24) is 4.90 Å². The number of carbonyl (C=O) groups is 1. The first kappa shape index (κ1) is 17.0. The molecule has 1 aromatic carbocycles. The molecule has 0 N–H and O–H groups in total. The number of rotatable bonds is 4. The van der Waals surface area contributed by atoms with E-state index in [4.69, 9.17) is 14.2 Å². The fourth-order valence-electron chi connectivity index (χ4n) is 2.70. The lowest BCUT2D eigenvalue weighted by atomic mass is 10.1. The van der Waals surface area contributed by atoms with E-state index in [0.717, 1.165) is 0 Å². The van der Waals surface area contributed by atoms with Crippen molar-refractivity contribution in [1.29, 1.82) is 0 Å². The maximum atomic E-state index is 12.8. The smallest absolute Gasteiger partial charge is 0.286 e. The van der Waals surface area contributed by atoms with Gasteiger partial charge in [-0.05, 0) is 13.8 Å². The normalized spacial score (nSPS) is 21.0. The second-order valence-electron chi connectivity index (χ2n) is 5.45. The highest BCUT2D eigenvalue weighted by Crippen LogP contribution is 2.35. The van der Waals surface area contributed by atoms with Crippen molar-refractivity contribution in [3.8, 4) is 11.5 Å². The predicted molar refractivity (Wildman–Crippen MR) is 82.1 cm³/mol. The van der Waals surface area contributed by atoms with Crippen LogP contribution in [0.4, 0.5) is 5.69 Å². The molecule has 1 aliphatic heterocycles. The van der Waals surface area contributed by atoms with E-state index in [1.54, 1.807) is 4.90 Å². The molecule has 8 nitrogen and oxygen atoms in total. The zero-order valence-corrected chi connectivity index (χ0v) is 13.6. The predicted octanol–water partition coefficient (Wildman–Crippen LogP) is 1.86. The van der Waals surface area contributed by atoms with Gasteiger partial charge in [-0.15, -0.1) is 0 Å². The van der Waals surface area contributed by atoms with Crippen LogP contribution in [-0.2, 0) is 4.74 Å². The largest absolute Gasteiger partial charge is 0.493 e. The van der Waals surface area contributed by atoms with Gasteiger partial charge in [-0.3, -0.25) is 14.9 Å². The molecule has 0 radical (unpaired) electrons. The molecule has 1 amide bonds. The Bertz CT molecular complexity index is 608. The van der Waals surface area contributed by atoms with Crippen LogP contribution in [0.2, 0.25) is 0 Å². The summed E-state index contributed by atoms with van der Waals surface area (Å²) in [5, 5.41) is 11.3. The number of benzene rings is 1. The number of methoxy groups -OCH3 is 2. The zero-order chi connectivity index (χ0) is 17.1. The summed E-state index contributed by atoms with van der Waals surface area (Å²) in [4.78, 5) is 25.0. The number of amides is 1. The molecule has 2 atom stereocenters. The number of nitro groups is 1. The average Bonchev–Trinajstić information content (AvgIpc) is 2.51. The Morgan fingerprint density at radius 1 is 1.22 bits per heavy atom. The lowest BCUT2D eigenvalue weighted by Crippen LogP contribution is -2.48. The van der Waals surface area contributed by atoms with Gasteiger partial charge in [-0.25, -0.2) is 0 Å². The van der Waals surface area contributed by atoms with Crippen LogP contribution in [0.15, 0.2) is 12.1 Å². The Balaban J connectivity index is 2.44. The molecule has 1 aromatic rings. The number of carbonyl (C=O) groups excluding carboxylic acids is 1. The van der Waals surface area contributed by atoms with E-state index in [2.05, 4.69) is 0 Å². The van der Waals surface area contributed by atoms with Gasteiger partial charge in [-0.1, -0.05) is 0 Å². The first-order valence-corrected chi connectivity index (χ1v) is 7.22. The lowest BCUT2D eigenvalue weighted by molar-refractivity contribution is -0.385. The van der Waals surface area contributed by atoms with E-state index in [-0.39, 0.29) is 35.0 Å². The molecule has 1 fully saturated rings. The van der Waals surface area contributed by atoms with Crippen molar-refractivity contribution < 1.29 is 23.9 Å². The van der Waals surface area contributed by atoms with Crippen molar-refractivity contribution >= 4 is 11.6 Å². The fourth-order valence-corrected chi connectivity index (χ4v) is 2.70. The van der Waals surface area contributed by atoms with Gasteiger partial charge < -0.3 is 19.1 Å². The maximum absolute atomic E-state index is 12.8. The fraction of sp³-hybridized carbons (Fsp3) is 0.533. The van der Waals surface area contributed by atoms with Crippen LogP contribution in [0.3, 0.4) is 0 Å². The summed E-state index contributed by atoms with van der Waals surface area (Å²) in [6.07, 6.45) is -0.246. The molecule has 1 saturated heterocycles. The minimum atomic E-state index is -0.595. The molecule has 1 heterocycles. The Labute approximate surface area is 134 Å². The summed E-state index contributed by atoms with van der Waals surface area (Å²) in [6.45, 7) is 4.49. The van der Waals surface area contributed by atoms with Gasteiger partial charge in [-0.2, -0.15) is 0 Å². The summed E-state index contributed by atoms with van der Waals surface area (Å²) in [5.41, 5.74) is -0.326. The van der Waals surface area contributed by atoms with Crippen LogP contribution in [-0.4, -0.2) is 55.2 Å². The Kier molecular flexibility index (Phi) is 5.05. The molecular weight excluding hydrogens is 304 g/mol. The van der Waals surface area contributed by atoms with Crippen molar-refractivity contribution in [3.05, 3.63) is 27.8 Å². The minimum absolute atomic E-state index is 0.0195. The third-order valence-electron chi connectivity index (χ3n) is 3.64. The molecule has 8 heteroatoms. The van der Waals surface area contributed by atoms with Gasteiger partial charge in [0.15, 0.2) is 11.5 Å². The van der Waals surface area contributed by atoms with Gasteiger partial charge in [0.25, 0.3) is 11.6 Å². The molecule has 1 aliphatic rings. The Morgan fingerprint density at radius 3 is 2.22 bits per heavy atom. The average molecular weight is 324 g/mol. The Morgan fingerprint density at radius 2 is 1.74 bits per heavy atom. The van der Waals surface area contributed by atoms with E-state index in [1.807, 2.05) is 13.8 Å². The molecule has 0 aliphatic carbocycles. The topological polar surface area (TPSA) is 91.1 Å². The highest BCUT2D eigenvalue weighted by molar-refractivity contribution is 5.99. The van der Waals surface area contributed by atoms with Gasteiger partial charge in [0.1, 0.15) is 5.56 Å². The highest BCUT2D eigenvalue weighted by Gasteiger charge is 2.32. The molecule has 23 heavy (non-hydrogen) atoms. The summed E-state index contributed by atoms with van der Waals surface area (Å²) >= 11 is 0. The zero-order valence-electron chi connectivity index (χ0n) is 13.6. The summed E-state index contributed by atoms with van der Waals surface area (Å²) in [7, 11) is 2.80. The molecule has 0 bridgehead atoms. The summed E-state index contributed by atoms with van der Waals surface area (Å²) in [5.74, 6) is 0.0647. The number of nitrogens with zero attached hydrogens (tertiary/aromatic N) is 2. The van der Waals surface area contributed by atoms with Gasteiger partial charge >= 0.3 is 0 Å². The SMILES string of the molecule is COc1cc(C(=O)N2C[C@@H](C)O[C@@H](C)C2)c([N+](=O)[O-])cc1OC. The first-order chi connectivity index (χ1) is 10.9. The summed E-state index contributed by atoms with van der Waals surface area (Å²) in [6, 6.07) is 2.56. The number of morpholine rings is 1. The van der Waals surface area contributed by atoms with Crippen molar-refractivity contribution in [2.24, 2.45) is 0 Å². The first-order valence-electron chi connectivity index (χ1n) is 7.22. The van der Waals surface area contributed by atoms with E-state index in [0.29, 0.717) is 13.1 Å². The quantitative estimate of drug-likeness (QED) is 0.620. The van der Waals surface area contributed by atoms with E-state index in [1.165, 1.54) is 26.4 Å². The van der Waals surface area contributed by atoms with E-state index < -0.39 is 10.8 Å². The van der Waals surface area contributed by atoms with E-state index >= 15 is 0 Å². The molecule has 2 rings (SSSR count). The second-order valence-corrected chi connectivity index (χ2v) is 5.45. The van der Waals surface area contributed by atoms with Crippen LogP contribution in [0.1, 0.15) is 24.2 Å². The van der Waals surface area contributed by atoms with E-state index in [9.17, 15) is 14.9 Å². The van der Waals surface area contributed by atoms with Gasteiger partial charge in [0.2, 0.25) is 0 Å². The Hall–Kier alpha value is -2.35. The third-order valence-corrected chi connectivity index (χ3v) is 3.64. The van der Waals surface area contributed by atoms with Gasteiger partial charge in [0.05, 0.1) is 37.4 Å². The second kappa shape index (κ2) is 6.82. The standard InChI is InChI=1S/C15H20N2O6/c1-9-7-16(8-10(2)23-9)15(18)11-5-13(21-3)14(22-4)6-12(11)17(19)20/h5-6,9-10H,7-8H2,1-4H3/t9-,10+. The van der Waals surface area contributed by atoms with Crippen LogP contribution < -0.4 is 9.47 Å².